The van der Waals surface area contributed by atoms with Gasteiger partial charge in [-0.1, -0.05) is 0 Å². The first kappa shape index (κ1) is 43.9. The Hall–Kier alpha value is 1.69. The van der Waals surface area contributed by atoms with E-state index in [1.54, 1.807) is 0 Å². The molecule has 0 aliphatic carbocycles. The fraction of sp³-hybridized carbons (Fsp3) is 0. The summed E-state index contributed by atoms with van der Waals surface area (Å²) in [5.41, 5.74) is 0. The van der Waals surface area contributed by atoms with Crippen molar-refractivity contribution in [1.82, 2.24) is 0 Å². The van der Waals surface area contributed by atoms with Gasteiger partial charge in [0, 0.05) is 0 Å². The quantitative estimate of drug-likeness (QED) is 0.595. The molecular formula is CoCrOPt+5. The van der Waals surface area contributed by atoms with Crippen molar-refractivity contribution < 1.29 is 60.7 Å². The van der Waals surface area contributed by atoms with Crippen molar-refractivity contribution in [2.45, 2.75) is 0 Å². The van der Waals surface area contributed by atoms with E-state index in [1.165, 1.54) is 0 Å². The summed E-state index contributed by atoms with van der Waals surface area (Å²) in [4.78, 5) is 0. The van der Waals surface area contributed by atoms with E-state index in [4.69, 9.17) is 0 Å². The first-order valence-electron chi connectivity index (χ1n) is 0. The predicted octanol–water partition coefficient (Wildman–Crippen LogP) is -0.126. The fourth-order valence-electron chi connectivity index (χ4n) is 0. The molecule has 0 aliphatic rings. The van der Waals surface area contributed by atoms with Crippen molar-refractivity contribution in [2.75, 3.05) is 0 Å². The van der Waals surface area contributed by atoms with Crippen LogP contribution in [0.15, 0.2) is 0 Å². The van der Waals surface area contributed by atoms with Gasteiger partial charge in [0.25, 0.3) is 0 Å². The van der Waals surface area contributed by atoms with Crippen molar-refractivity contribution in [3.05, 3.63) is 0 Å². The Balaban J connectivity index is 0. The van der Waals surface area contributed by atoms with Crippen LogP contribution < -0.4 is 0 Å². The minimum absolute atomic E-state index is 0. The van der Waals surface area contributed by atoms with E-state index in [0.29, 0.717) is 0 Å². The molecule has 26 valence electrons. The van der Waals surface area contributed by atoms with Crippen LogP contribution >= 0.6 is 0 Å². The molecular weight excluding hydrogens is 322 g/mol. The van der Waals surface area contributed by atoms with Crippen LogP contribution in [0.5, 0.6) is 0 Å². The first-order chi connectivity index (χ1) is 0. The molecule has 0 unspecified atom stereocenters. The summed E-state index contributed by atoms with van der Waals surface area (Å²) in [5, 5.41) is 0. The van der Waals surface area contributed by atoms with E-state index in [-0.39, 0.29) is 60.7 Å². The van der Waals surface area contributed by atoms with Crippen LogP contribution in [-0.2, 0) is 60.7 Å². The Bertz CT molecular complexity index is 8.00. The van der Waals surface area contributed by atoms with Crippen molar-refractivity contribution in [2.24, 2.45) is 0 Å². The van der Waals surface area contributed by atoms with E-state index in [9.17, 15) is 0 Å². The summed E-state index contributed by atoms with van der Waals surface area (Å²) in [6.45, 7) is 0. The smallest absolute Gasteiger partial charge is 2.00 e. The molecule has 0 aliphatic heterocycles. The zero-order valence-electron chi connectivity index (χ0n) is 1.47. The summed E-state index contributed by atoms with van der Waals surface area (Å²) >= 11 is 0. The van der Waals surface area contributed by atoms with Gasteiger partial charge < -0.3 is 5.48 Å². The van der Waals surface area contributed by atoms with Crippen LogP contribution in [0, 0.1) is 0 Å². The molecule has 0 rings (SSSR count). The van der Waals surface area contributed by atoms with Gasteiger partial charge in [0.2, 0.25) is 0 Å². The maximum absolute atomic E-state index is 0. The van der Waals surface area contributed by atoms with E-state index >= 15 is 0 Å². The largest absolute Gasteiger partial charge is 3.00 e. The van der Waals surface area contributed by atoms with Gasteiger partial charge in [0.1, 0.15) is 0 Å². The van der Waals surface area contributed by atoms with Gasteiger partial charge >= 0.3 is 55.2 Å². The second kappa shape index (κ2) is 22.4. The summed E-state index contributed by atoms with van der Waals surface area (Å²) in [6, 6.07) is 0. The van der Waals surface area contributed by atoms with Crippen LogP contribution in [0.1, 0.15) is 0 Å². The zero-order chi connectivity index (χ0) is 0. The molecule has 0 saturated carbocycles. The molecule has 0 aromatic heterocycles. The molecule has 0 spiro atoms. The number of hydrogen-bond acceptors (Lipinski definition) is 0. The van der Waals surface area contributed by atoms with Crippen LogP contribution in [0.2, 0.25) is 0 Å². The van der Waals surface area contributed by atoms with Gasteiger partial charge in [-0.3, -0.25) is 0 Å². The number of hydrogen-bond donors (Lipinski definition) is 0. The molecule has 1 nitrogen and oxygen atoms in total. The Kier molecular flexibility index (Phi) is 246. The van der Waals surface area contributed by atoms with E-state index in [1.807, 2.05) is 0 Å². The topological polar surface area (TPSA) is 28.5 Å². The second-order valence-electron chi connectivity index (χ2n) is 0. The maximum atomic E-state index is 0. The second-order valence-corrected chi connectivity index (χ2v) is 0. The molecule has 0 N–H and O–H groups in total. The molecule has 0 aromatic rings. The Labute approximate surface area is 60.4 Å². The van der Waals surface area contributed by atoms with Gasteiger partial charge in [0.15, 0.2) is 0 Å². The summed E-state index contributed by atoms with van der Waals surface area (Å²) < 4.78 is 0. The fourth-order valence-corrected chi connectivity index (χ4v) is 0. The average Bonchev–Trinajstić information content (AvgIpc) is 0. The van der Waals surface area contributed by atoms with Gasteiger partial charge in [-0.25, -0.2) is 0 Å². The third-order valence-electron chi connectivity index (χ3n) is 0. The van der Waals surface area contributed by atoms with Crippen molar-refractivity contribution >= 4 is 0 Å². The maximum Gasteiger partial charge on any atom is 3.00 e. The SMILES string of the molecule is [Co+2].[Cr+3].[O-2].[Pt+2]. The minimum Gasteiger partial charge on any atom is -2.00 e. The van der Waals surface area contributed by atoms with Gasteiger partial charge in [-0.05, 0) is 0 Å². The molecule has 0 amide bonds. The summed E-state index contributed by atoms with van der Waals surface area (Å²) in [5.74, 6) is 0. The Morgan fingerprint density at radius 3 is 1.00 bits per heavy atom. The molecule has 2 radical (unpaired) electrons. The molecule has 4 heavy (non-hydrogen) atoms. The third-order valence-corrected chi connectivity index (χ3v) is 0. The monoisotopic (exact) mass is 322 g/mol. The van der Waals surface area contributed by atoms with Gasteiger partial charge in [-0.15, -0.1) is 0 Å². The average molecular weight is 322 g/mol. The number of rotatable bonds is 0. The minimum atomic E-state index is 0. The van der Waals surface area contributed by atoms with E-state index in [2.05, 4.69) is 0 Å². The van der Waals surface area contributed by atoms with Crippen molar-refractivity contribution in [3.8, 4) is 0 Å². The van der Waals surface area contributed by atoms with Crippen LogP contribution in [0.4, 0.5) is 0 Å². The van der Waals surface area contributed by atoms with Gasteiger partial charge in [0.05, 0.1) is 0 Å². The standard InChI is InChI=1S/Co.Cr.O.Pt/q+2;+3;-2;+2. The van der Waals surface area contributed by atoms with Gasteiger partial charge in [-0.2, -0.15) is 0 Å². The molecule has 0 aromatic carbocycles. The van der Waals surface area contributed by atoms with E-state index in [0.717, 1.165) is 0 Å². The van der Waals surface area contributed by atoms with Crippen molar-refractivity contribution in [1.29, 1.82) is 0 Å². The van der Waals surface area contributed by atoms with E-state index < -0.39 is 0 Å². The molecule has 0 saturated heterocycles. The molecule has 0 heterocycles. The predicted molar refractivity (Wildman–Crippen MR) is 0.686 cm³/mol. The van der Waals surface area contributed by atoms with Crippen LogP contribution in [0.3, 0.4) is 0 Å². The molecule has 4 heteroatoms. The molecule has 0 bridgehead atoms. The van der Waals surface area contributed by atoms with Crippen LogP contribution in [0.25, 0.3) is 0 Å². The van der Waals surface area contributed by atoms with Crippen molar-refractivity contribution in [3.63, 3.8) is 0 Å². The Morgan fingerprint density at radius 1 is 1.00 bits per heavy atom. The first-order valence-corrected chi connectivity index (χ1v) is 0. The Morgan fingerprint density at radius 2 is 1.00 bits per heavy atom. The molecule has 0 atom stereocenters. The summed E-state index contributed by atoms with van der Waals surface area (Å²) in [7, 11) is 0. The zero-order valence-corrected chi connectivity index (χ0v) is 6.05. The molecule has 0 fully saturated rings. The van der Waals surface area contributed by atoms with Crippen LogP contribution in [-0.4, -0.2) is 0 Å². The summed E-state index contributed by atoms with van der Waals surface area (Å²) in [6.07, 6.45) is 0. The third kappa shape index (κ3) is 9.35. The normalized spacial score (nSPS) is 0.